The maximum absolute atomic E-state index is 2.37. The van der Waals surface area contributed by atoms with E-state index in [1.54, 1.807) is 0 Å². The standard InChI is InChI=1S/C44H29NS/c1-2-9-30(10-3-1)31-17-22-36(23-18-31)45(37-24-19-33(20-25-37)40-15-8-12-32-11-4-5-13-39(32)40)38-26-21-34-29-44-42(28-35(34)27-38)41-14-6-7-16-43(41)46-44/h1-29H. The molecule has 0 aliphatic rings. The first-order valence-corrected chi connectivity index (χ1v) is 16.5. The third-order valence-corrected chi connectivity index (χ3v) is 10.2. The van der Waals surface area contributed by atoms with Gasteiger partial charge in [-0.15, -0.1) is 11.3 Å². The molecule has 0 spiro atoms. The van der Waals surface area contributed by atoms with E-state index in [-0.39, 0.29) is 0 Å². The molecule has 1 heterocycles. The van der Waals surface area contributed by atoms with Crippen molar-refractivity contribution in [1.82, 2.24) is 0 Å². The Labute approximate surface area is 272 Å². The van der Waals surface area contributed by atoms with Gasteiger partial charge in [-0.2, -0.15) is 0 Å². The molecular weight excluding hydrogens is 575 g/mol. The van der Waals surface area contributed by atoms with E-state index >= 15 is 0 Å². The van der Waals surface area contributed by atoms with E-state index in [0.29, 0.717) is 0 Å². The van der Waals surface area contributed by atoms with Crippen molar-refractivity contribution in [2.75, 3.05) is 4.90 Å². The van der Waals surface area contributed by atoms with Crippen molar-refractivity contribution in [2.24, 2.45) is 0 Å². The first kappa shape index (κ1) is 26.7. The van der Waals surface area contributed by atoms with E-state index < -0.39 is 0 Å². The van der Waals surface area contributed by atoms with Crippen molar-refractivity contribution in [3.63, 3.8) is 0 Å². The number of rotatable bonds is 5. The number of fused-ring (bicyclic) bond motifs is 5. The second kappa shape index (κ2) is 11.0. The van der Waals surface area contributed by atoms with Gasteiger partial charge < -0.3 is 4.90 Å². The molecule has 0 bridgehead atoms. The number of thiophene rings is 1. The highest BCUT2D eigenvalue weighted by molar-refractivity contribution is 7.25. The Balaban J connectivity index is 1.18. The molecule has 0 atom stereocenters. The summed E-state index contributed by atoms with van der Waals surface area (Å²) in [7, 11) is 0. The molecule has 0 fully saturated rings. The molecule has 0 saturated heterocycles. The van der Waals surface area contributed by atoms with Gasteiger partial charge in [0.2, 0.25) is 0 Å². The van der Waals surface area contributed by atoms with Gasteiger partial charge in [-0.25, -0.2) is 0 Å². The molecule has 0 unspecified atom stereocenters. The fourth-order valence-electron chi connectivity index (χ4n) is 6.74. The fourth-order valence-corrected chi connectivity index (χ4v) is 7.88. The Morgan fingerprint density at radius 3 is 1.76 bits per heavy atom. The lowest BCUT2D eigenvalue weighted by Crippen LogP contribution is -2.09. The molecule has 46 heavy (non-hydrogen) atoms. The minimum absolute atomic E-state index is 1.12. The second-order valence-electron chi connectivity index (χ2n) is 11.8. The van der Waals surface area contributed by atoms with E-state index in [2.05, 4.69) is 181 Å². The van der Waals surface area contributed by atoms with Crippen LogP contribution < -0.4 is 4.90 Å². The second-order valence-corrected chi connectivity index (χ2v) is 12.9. The van der Waals surface area contributed by atoms with E-state index in [9.17, 15) is 0 Å². The van der Waals surface area contributed by atoms with Crippen LogP contribution >= 0.6 is 11.3 Å². The molecule has 0 amide bonds. The minimum atomic E-state index is 1.12. The summed E-state index contributed by atoms with van der Waals surface area (Å²) in [6.07, 6.45) is 0. The summed E-state index contributed by atoms with van der Waals surface area (Å²) >= 11 is 1.87. The highest BCUT2D eigenvalue weighted by Crippen LogP contribution is 2.41. The van der Waals surface area contributed by atoms with Crippen molar-refractivity contribution in [1.29, 1.82) is 0 Å². The van der Waals surface area contributed by atoms with Gasteiger partial charge in [0, 0.05) is 37.2 Å². The topological polar surface area (TPSA) is 3.24 Å². The summed E-state index contributed by atoms with van der Waals surface area (Å²) in [4.78, 5) is 2.37. The molecule has 9 rings (SSSR count). The summed E-state index contributed by atoms with van der Waals surface area (Å²) in [5.74, 6) is 0. The number of hydrogen-bond acceptors (Lipinski definition) is 2. The van der Waals surface area contributed by atoms with Crippen LogP contribution in [0.5, 0.6) is 0 Å². The minimum Gasteiger partial charge on any atom is -0.310 e. The molecule has 9 aromatic rings. The van der Waals surface area contributed by atoms with Crippen LogP contribution in [0.1, 0.15) is 0 Å². The smallest absolute Gasteiger partial charge is 0.0468 e. The fraction of sp³-hybridized carbons (Fsp3) is 0. The molecule has 0 radical (unpaired) electrons. The lowest BCUT2D eigenvalue weighted by Gasteiger charge is -2.26. The Bertz CT molecular complexity index is 2500. The van der Waals surface area contributed by atoms with Crippen LogP contribution in [0, 0.1) is 0 Å². The predicted molar refractivity (Wildman–Crippen MR) is 200 cm³/mol. The van der Waals surface area contributed by atoms with Crippen LogP contribution in [0.25, 0.3) is 64.0 Å². The molecule has 1 nitrogen and oxygen atoms in total. The van der Waals surface area contributed by atoms with Gasteiger partial charge >= 0.3 is 0 Å². The van der Waals surface area contributed by atoms with E-state index in [0.717, 1.165) is 17.1 Å². The molecule has 216 valence electrons. The van der Waals surface area contributed by atoms with Gasteiger partial charge in [-0.1, -0.05) is 121 Å². The zero-order chi connectivity index (χ0) is 30.5. The Kier molecular flexibility index (Phi) is 6.40. The van der Waals surface area contributed by atoms with Crippen LogP contribution in [0.4, 0.5) is 17.1 Å². The third-order valence-electron chi connectivity index (χ3n) is 9.04. The van der Waals surface area contributed by atoms with Gasteiger partial charge in [-0.05, 0) is 98.4 Å². The molecule has 0 N–H and O–H groups in total. The molecule has 0 aliphatic carbocycles. The highest BCUT2D eigenvalue weighted by atomic mass is 32.1. The Morgan fingerprint density at radius 1 is 0.326 bits per heavy atom. The third kappa shape index (κ3) is 4.63. The first-order valence-electron chi connectivity index (χ1n) is 15.7. The summed E-state index contributed by atoms with van der Waals surface area (Å²) < 4.78 is 2.67. The molecule has 8 aromatic carbocycles. The van der Waals surface area contributed by atoms with Crippen molar-refractivity contribution in [3.05, 3.63) is 176 Å². The maximum Gasteiger partial charge on any atom is 0.0468 e. The van der Waals surface area contributed by atoms with Gasteiger partial charge in [0.1, 0.15) is 0 Å². The van der Waals surface area contributed by atoms with Gasteiger partial charge in [-0.3, -0.25) is 0 Å². The zero-order valence-electron chi connectivity index (χ0n) is 25.1. The summed E-state index contributed by atoms with van der Waals surface area (Å²) in [6.45, 7) is 0. The van der Waals surface area contributed by atoms with Gasteiger partial charge in [0.05, 0.1) is 0 Å². The van der Waals surface area contributed by atoms with E-state index in [1.165, 1.54) is 64.0 Å². The van der Waals surface area contributed by atoms with Crippen LogP contribution in [-0.2, 0) is 0 Å². The Morgan fingerprint density at radius 2 is 0.957 bits per heavy atom. The zero-order valence-corrected chi connectivity index (χ0v) is 25.9. The maximum atomic E-state index is 2.37. The summed E-state index contributed by atoms with van der Waals surface area (Å²) in [5, 5.41) is 7.68. The average Bonchev–Trinajstić information content (AvgIpc) is 3.49. The lowest BCUT2D eigenvalue weighted by atomic mass is 9.98. The van der Waals surface area contributed by atoms with Crippen molar-refractivity contribution < 1.29 is 0 Å². The van der Waals surface area contributed by atoms with Crippen LogP contribution in [-0.4, -0.2) is 0 Å². The quantitative estimate of drug-likeness (QED) is 0.189. The molecule has 0 aliphatic heterocycles. The van der Waals surface area contributed by atoms with Crippen molar-refractivity contribution in [2.45, 2.75) is 0 Å². The summed E-state index contributed by atoms with van der Waals surface area (Å²) in [6, 6.07) is 64.0. The lowest BCUT2D eigenvalue weighted by molar-refractivity contribution is 1.29. The van der Waals surface area contributed by atoms with Crippen molar-refractivity contribution >= 4 is 70.1 Å². The number of benzene rings is 8. The van der Waals surface area contributed by atoms with Crippen LogP contribution in [0.15, 0.2) is 176 Å². The SMILES string of the molecule is c1ccc(-c2ccc(N(c3ccc(-c4cccc5ccccc45)cc3)c3ccc4cc5sc6ccccc6c5cc4c3)cc2)cc1. The first-order chi connectivity index (χ1) is 22.8. The van der Waals surface area contributed by atoms with E-state index in [1.807, 2.05) is 11.3 Å². The average molecular weight is 604 g/mol. The molecule has 0 saturated carbocycles. The molecule has 1 aromatic heterocycles. The normalized spacial score (nSPS) is 11.5. The van der Waals surface area contributed by atoms with Crippen LogP contribution in [0.3, 0.4) is 0 Å². The molecule has 2 heteroatoms. The largest absolute Gasteiger partial charge is 0.310 e. The highest BCUT2D eigenvalue weighted by Gasteiger charge is 2.15. The van der Waals surface area contributed by atoms with Gasteiger partial charge in [0.15, 0.2) is 0 Å². The Hall–Kier alpha value is -5.70. The van der Waals surface area contributed by atoms with Crippen LogP contribution in [0.2, 0.25) is 0 Å². The molecular formula is C44H29NS. The van der Waals surface area contributed by atoms with Gasteiger partial charge in [0.25, 0.3) is 0 Å². The number of anilines is 3. The monoisotopic (exact) mass is 603 g/mol. The van der Waals surface area contributed by atoms with E-state index in [4.69, 9.17) is 0 Å². The van der Waals surface area contributed by atoms with Crippen molar-refractivity contribution in [3.8, 4) is 22.3 Å². The number of nitrogens with zero attached hydrogens (tertiary/aromatic N) is 1. The summed E-state index contributed by atoms with van der Waals surface area (Å²) in [5.41, 5.74) is 8.28. The number of hydrogen-bond donors (Lipinski definition) is 0. The predicted octanol–water partition coefficient (Wildman–Crippen LogP) is 13.2.